The molecule has 0 spiro atoms. The van der Waals surface area contributed by atoms with E-state index in [2.05, 4.69) is 9.97 Å². The molecule has 0 saturated heterocycles. The molecule has 0 unspecified atom stereocenters. The molecule has 3 nitrogen and oxygen atoms in total. The SMILES string of the molecule is c1ccc(Oc2ncc3ccccc3n2)cc1. The largest absolute Gasteiger partial charge is 0.424 e. The van der Waals surface area contributed by atoms with E-state index in [1.807, 2.05) is 54.6 Å². The first-order chi connectivity index (χ1) is 8.42. The van der Waals surface area contributed by atoms with Gasteiger partial charge in [0.2, 0.25) is 0 Å². The lowest BCUT2D eigenvalue weighted by Crippen LogP contribution is -1.91. The van der Waals surface area contributed by atoms with Crippen molar-refractivity contribution < 1.29 is 4.74 Å². The molecule has 3 aromatic rings. The number of benzene rings is 2. The molecule has 82 valence electrons. The van der Waals surface area contributed by atoms with Gasteiger partial charge in [-0.3, -0.25) is 0 Å². The minimum atomic E-state index is 0.370. The zero-order chi connectivity index (χ0) is 11.5. The van der Waals surface area contributed by atoms with Crippen molar-refractivity contribution in [1.82, 2.24) is 9.97 Å². The van der Waals surface area contributed by atoms with Gasteiger partial charge in [-0.2, -0.15) is 4.98 Å². The zero-order valence-corrected chi connectivity index (χ0v) is 9.08. The van der Waals surface area contributed by atoms with Crippen molar-refractivity contribution in [2.45, 2.75) is 0 Å². The normalized spacial score (nSPS) is 10.4. The van der Waals surface area contributed by atoms with Crippen LogP contribution in [0, 0.1) is 0 Å². The second kappa shape index (κ2) is 4.22. The van der Waals surface area contributed by atoms with Crippen LogP contribution >= 0.6 is 0 Å². The van der Waals surface area contributed by atoms with E-state index in [0.717, 1.165) is 16.7 Å². The van der Waals surface area contributed by atoms with Gasteiger partial charge in [-0.25, -0.2) is 4.98 Å². The number of hydrogen-bond donors (Lipinski definition) is 0. The van der Waals surface area contributed by atoms with Crippen LogP contribution in [-0.2, 0) is 0 Å². The highest BCUT2D eigenvalue weighted by Crippen LogP contribution is 2.19. The molecule has 0 N–H and O–H groups in total. The number of fused-ring (bicyclic) bond motifs is 1. The standard InChI is InChI=1S/C14H10N2O/c1-2-7-12(8-3-1)17-14-15-10-11-6-4-5-9-13(11)16-14/h1-10H. The van der Waals surface area contributed by atoms with Gasteiger partial charge >= 0.3 is 6.01 Å². The molecular weight excluding hydrogens is 212 g/mol. The number of nitrogens with zero attached hydrogens (tertiary/aromatic N) is 2. The summed E-state index contributed by atoms with van der Waals surface area (Å²) in [4.78, 5) is 8.51. The second-order valence-electron chi connectivity index (χ2n) is 3.63. The van der Waals surface area contributed by atoms with E-state index in [1.165, 1.54) is 0 Å². The highest BCUT2D eigenvalue weighted by molar-refractivity contribution is 5.77. The Morgan fingerprint density at radius 1 is 0.824 bits per heavy atom. The first-order valence-corrected chi connectivity index (χ1v) is 5.36. The zero-order valence-electron chi connectivity index (χ0n) is 9.08. The minimum absolute atomic E-state index is 0.370. The Kier molecular flexibility index (Phi) is 2.43. The van der Waals surface area contributed by atoms with Crippen molar-refractivity contribution in [3.8, 4) is 11.8 Å². The van der Waals surface area contributed by atoms with Crippen LogP contribution in [0.1, 0.15) is 0 Å². The summed E-state index contributed by atoms with van der Waals surface area (Å²) in [7, 11) is 0. The fraction of sp³-hybridized carbons (Fsp3) is 0. The van der Waals surface area contributed by atoms with Gasteiger partial charge in [0.25, 0.3) is 0 Å². The van der Waals surface area contributed by atoms with Crippen LogP contribution in [-0.4, -0.2) is 9.97 Å². The van der Waals surface area contributed by atoms with E-state index < -0.39 is 0 Å². The van der Waals surface area contributed by atoms with Crippen molar-refractivity contribution in [3.05, 3.63) is 60.8 Å². The predicted octanol–water partition coefficient (Wildman–Crippen LogP) is 3.42. The molecular formula is C14H10N2O. The number of para-hydroxylation sites is 2. The van der Waals surface area contributed by atoms with Gasteiger partial charge in [-0.05, 0) is 18.2 Å². The first kappa shape index (κ1) is 9.78. The van der Waals surface area contributed by atoms with Gasteiger partial charge in [0.05, 0.1) is 5.52 Å². The average molecular weight is 222 g/mol. The maximum atomic E-state index is 5.56. The summed E-state index contributed by atoms with van der Waals surface area (Å²) in [6, 6.07) is 17.7. The molecule has 1 aromatic heterocycles. The lowest BCUT2D eigenvalue weighted by atomic mass is 10.2. The third-order valence-corrected chi connectivity index (χ3v) is 2.42. The van der Waals surface area contributed by atoms with Crippen LogP contribution in [0.2, 0.25) is 0 Å². The first-order valence-electron chi connectivity index (χ1n) is 5.36. The van der Waals surface area contributed by atoms with Gasteiger partial charge < -0.3 is 4.74 Å². The summed E-state index contributed by atoms with van der Waals surface area (Å²) in [5.74, 6) is 0.739. The summed E-state index contributed by atoms with van der Waals surface area (Å²) in [6.45, 7) is 0. The minimum Gasteiger partial charge on any atom is -0.424 e. The second-order valence-corrected chi connectivity index (χ2v) is 3.63. The van der Waals surface area contributed by atoms with Crippen LogP contribution in [0.5, 0.6) is 11.8 Å². The van der Waals surface area contributed by atoms with Gasteiger partial charge in [0, 0.05) is 11.6 Å². The fourth-order valence-electron chi connectivity index (χ4n) is 1.60. The van der Waals surface area contributed by atoms with Crippen LogP contribution in [0.4, 0.5) is 0 Å². The Bertz CT molecular complexity index is 638. The van der Waals surface area contributed by atoms with Crippen LogP contribution in [0.25, 0.3) is 10.9 Å². The maximum absolute atomic E-state index is 5.56. The van der Waals surface area contributed by atoms with Crippen molar-refractivity contribution in [2.24, 2.45) is 0 Å². The average Bonchev–Trinajstić information content (AvgIpc) is 2.40. The lowest BCUT2D eigenvalue weighted by Gasteiger charge is -2.03. The van der Waals surface area contributed by atoms with E-state index in [0.29, 0.717) is 6.01 Å². The van der Waals surface area contributed by atoms with Crippen molar-refractivity contribution >= 4 is 10.9 Å². The Hall–Kier alpha value is -2.42. The Morgan fingerprint density at radius 3 is 2.47 bits per heavy atom. The molecule has 1 heterocycles. The molecule has 3 heteroatoms. The van der Waals surface area contributed by atoms with Crippen molar-refractivity contribution in [3.63, 3.8) is 0 Å². The molecule has 0 fully saturated rings. The Labute approximate surface area is 98.7 Å². The van der Waals surface area contributed by atoms with Crippen LogP contribution < -0.4 is 4.74 Å². The summed E-state index contributed by atoms with van der Waals surface area (Å²) in [5, 5.41) is 1.01. The van der Waals surface area contributed by atoms with Gasteiger partial charge in [-0.15, -0.1) is 0 Å². The van der Waals surface area contributed by atoms with E-state index >= 15 is 0 Å². The third-order valence-electron chi connectivity index (χ3n) is 2.42. The molecule has 2 aromatic carbocycles. The topological polar surface area (TPSA) is 35.0 Å². The maximum Gasteiger partial charge on any atom is 0.322 e. The van der Waals surface area contributed by atoms with E-state index in [1.54, 1.807) is 6.20 Å². The highest BCUT2D eigenvalue weighted by atomic mass is 16.5. The molecule has 0 radical (unpaired) electrons. The third kappa shape index (κ3) is 2.08. The number of rotatable bonds is 2. The van der Waals surface area contributed by atoms with Gasteiger partial charge in [0.1, 0.15) is 5.75 Å². The number of hydrogen-bond acceptors (Lipinski definition) is 3. The van der Waals surface area contributed by atoms with Crippen molar-refractivity contribution in [2.75, 3.05) is 0 Å². The number of aromatic nitrogens is 2. The lowest BCUT2D eigenvalue weighted by molar-refractivity contribution is 0.444. The summed E-state index contributed by atoms with van der Waals surface area (Å²) in [6.07, 6.45) is 1.76. The van der Waals surface area contributed by atoms with Crippen LogP contribution in [0.15, 0.2) is 60.8 Å². The highest BCUT2D eigenvalue weighted by Gasteiger charge is 2.01. The smallest absolute Gasteiger partial charge is 0.322 e. The monoisotopic (exact) mass is 222 g/mol. The molecule has 0 aliphatic carbocycles. The summed E-state index contributed by atoms with van der Waals surface area (Å²) >= 11 is 0. The van der Waals surface area contributed by atoms with Gasteiger partial charge in [-0.1, -0.05) is 36.4 Å². The number of ether oxygens (including phenoxy) is 1. The molecule has 0 bridgehead atoms. The van der Waals surface area contributed by atoms with E-state index in [4.69, 9.17) is 4.74 Å². The molecule has 0 atom stereocenters. The summed E-state index contributed by atoms with van der Waals surface area (Å²) < 4.78 is 5.56. The predicted molar refractivity (Wildman–Crippen MR) is 66.1 cm³/mol. The molecule has 0 aliphatic rings. The molecule has 0 aliphatic heterocycles. The Balaban J connectivity index is 1.96. The molecule has 17 heavy (non-hydrogen) atoms. The molecule has 0 amide bonds. The van der Waals surface area contributed by atoms with E-state index in [-0.39, 0.29) is 0 Å². The fourth-order valence-corrected chi connectivity index (χ4v) is 1.60. The van der Waals surface area contributed by atoms with E-state index in [9.17, 15) is 0 Å². The van der Waals surface area contributed by atoms with Crippen molar-refractivity contribution in [1.29, 1.82) is 0 Å². The quantitative estimate of drug-likeness (QED) is 0.666. The van der Waals surface area contributed by atoms with Gasteiger partial charge in [0.15, 0.2) is 0 Å². The van der Waals surface area contributed by atoms with Crippen LogP contribution in [0.3, 0.4) is 0 Å². The Morgan fingerprint density at radius 2 is 1.59 bits per heavy atom. The molecule has 3 rings (SSSR count). The summed E-state index contributed by atoms with van der Waals surface area (Å²) in [5.41, 5.74) is 0.883. The molecule has 0 saturated carbocycles.